The first-order valence-electron chi connectivity index (χ1n) is 7.46. The van der Waals surface area contributed by atoms with Crippen molar-refractivity contribution in [3.63, 3.8) is 0 Å². The van der Waals surface area contributed by atoms with Crippen LogP contribution in [0.4, 0.5) is 5.69 Å². The first-order valence-corrected chi connectivity index (χ1v) is 7.46. The lowest BCUT2D eigenvalue weighted by Gasteiger charge is -2.26. The molecule has 106 valence electrons. The Morgan fingerprint density at radius 2 is 2.16 bits per heavy atom. The first-order chi connectivity index (χ1) is 9.29. The van der Waals surface area contributed by atoms with E-state index in [-0.39, 0.29) is 0 Å². The average Bonchev–Trinajstić information content (AvgIpc) is 3.05. The molecule has 0 bridgehead atoms. The summed E-state index contributed by atoms with van der Waals surface area (Å²) in [6, 6.07) is 0.959. The third-order valence-electron chi connectivity index (χ3n) is 4.19. The van der Waals surface area contributed by atoms with Gasteiger partial charge in [-0.05, 0) is 38.5 Å². The Hall–Kier alpha value is -1.07. The van der Waals surface area contributed by atoms with Gasteiger partial charge in [-0.15, -0.1) is 0 Å². The molecule has 3 rings (SSSR count). The summed E-state index contributed by atoms with van der Waals surface area (Å²) in [6.07, 6.45) is 11.3. The fourth-order valence-electron chi connectivity index (χ4n) is 3.03. The summed E-state index contributed by atoms with van der Waals surface area (Å²) in [4.78, 5) is 0. The fraction of sp³-hybridized carbons (Fsp3) is 0.786. The summed E-state index contributed by atoms with van der Waals surface area (Å²) in [7, 11) is 0. The molecule has 1 saturated carbocycles. The largest absolute Gasteiger partial charge is 0.380 e. The van der Waals surface area contributed by atoms with E-state index in [1.54, 1.807) is 0 Å². The molecule has 0 aromatic carbocycles. The standard InChI is InChI=1S/C14H24N4O/c15-11-3-5-12(6-4-11)17-13-8-16-18(9-13)10-14-2-1-7-19-14/h8-9,11-12,14,17H,1-7,10,15H2. The van der Waals surface area contributed by atoms with Gasteiger partial charge in [0.25, 0.3) is 0 Å². The van der Waals surface area contributed by atoms with Crippen molar-refractivity contribution in [3.8, 4) is 0 Å². The molecule has 0 amide bonds. The molecule has 19 heavy (non-hydrogen) atoms. The van der Waals surface area contributed by atoms with Gasteiger partial charge in [-0.2, -0.15) is 5.10 Å². The molecule has 5 heteroatoms. The molecule has 2 heterocycles. The van der Waals surface area contributed by atoms with Gasteiger partial charge >= 0.3 is 0 Å². The second kappa shape index (κ2) is 5.92. The van der Waals surface area contributed by atoms with Crippen molar-refractivity contribution in [2.45, 2.75) is 63.3 Å². The van der Waals surface area contributed by atoms with Gasteiger partial charge < -0.3 is 15.8 Å². The summed E-state index contributed by atoms with van der Waals surface area (Å²) in [5.74, 6) is 0. The molecular weight excluding hydrogens is 240 g/mol. The van der Waals surface area contributed by atoms with E-state index in [1.807, 2.05) is 10.9 Å². The molecule has 5 nitrogen and oxygen atoms in total. The van der Waals surface area contributed by atoms with Crippen LogP contribution in [0.1, 0.15) is 38.5 Å². The highest BCUT2D eigenvalue weighted by Gasteiger charge is 2.19. The van der Waals surface area contributed by atoms with E-state index < -0.39 is 0 Å². The van der Waals surface area contributed by atoms with E-state index in [4.69, 9.17) is 10.5 Å². The minimum atomic E-state index is 0.348. The molecule has 1 aliphatic heterocycles. The Labute approximate surface area is 114 Å². The molecule has 1 atom stereocenters. The molecule has 1 unspecified atom stereocenters. The number of anilines is 1. The summed E-state index contributed by atoms with van der Waals surface area (Å²) in [5.41, 5.74) is 7.05. The lowest BCUT2D eigenvalue weighted by molar-refractivity contribution is 0.0940. The number of nitrogens with two attached hydrogens (primary N) is 1. The minimum absolute atomic E-state index is 0.348. The Kier molecular flexibility index (Phi) is 4.03. The van der Waals surface area contributed by atoms with Gasteiger partial charge in [0.15, 0.2) is 0 Å². The van der Waals surface area contributed by atoms with Gasteiger partial charge in [-0.25, -0.2) is 0 Å². The van der Waals surface area contributed by atoms with Crippen LogP contribution in [0.25, 0.3) is 0 Å². The van der Waals surface area contributed by atoms with E-state index in [1.165, 1.54) is 6.42 Å². The highest BCUT2D eigenvalue weighted by atomic mass is 16.5. The second-order valence-electron chi connectivity index (χ2n) is 5.84. The van der Waals surface area contributed by atoms with Crippen molar-refractivity contribution >= 4 is 5.69 Å². The van der Waals surface area contributed by atoms with Crippen molar-refractivity contribution in [3.05, 3.63) is 12.4 Å². The van der Waals surface area contributed by atoms with Crippen LogP contribution in [0.5, 0.6) is 0 Å². The highest BCUT2D eigenvalue weighted by Crippen LogP contribution is 2.21. The maximum atomic E-state index is 5.93. The van der Waals surface area contributed by atoms with Crippen LogP contribution in [-0.4, -0.2) is 34.6 Å². The minimum Gasteiger partial charge on any atom is -0.380 e. The van der Waals surface area contributed by atoms with Crippen molar-refractivity contribution in [2.75, 3.05) is 11.9 Å². The predicted molar refractivity (Wildman–Crippen MR) is 75.1 cm³/mol. The SMILES string of the molecule is NC1CCC(Nc2cnn(CC3CCCO3)c2)CC1. The lowest BCUT2D eigenvalue weighted by atomic mass is 9.92. The normalized spacial score (nSPS) is 31.5. The average molecular weight is 264 g/mol. The van der Waals surface area contributed by atoms with Gasteiger partial charge in [0, 0.05) is 24.9 Å². The van der Waals surface area contributed by atoms with Crippen LogP contribution < -0.4 is 11.1 Å². The zero-order valence-electron chi connectivity index (χ0n) is 11.4. The molecule has 1 saturated heterocycles. The summed E-state index contributed by atoms with van der Waals surface area (Å²) >= 11 is 0. The number of aromatic nitrogens is 2. The fourth-order valence-corrected chi connectivity index (χ4v) is 3.03. The second-order valence-corrected chi connectivity index (χ2v) is 5.84. The number of hydrogen-bond donors (Lipinski definition) is 2. The van der Waals surface area contributed by atoms with Crippen LogP contribution in [0, 0.1) is 0 Å². The molecule has 1 aromatic heterocycles. The van der Waals surface area contributed by atoms with Gasteiger partial charge in [0.2, 0.25) is 0 Å². The molecule has 0 radical (unpaired) electrons. The Morgan fingerprint density at radius 1 is 1.32 bits per heavy atom. The Bertz CT molecular complexity index is 392. The number of rotatable bonds is 4. The highest BCUT2D eigenvalue weighted by molar-refractivity contribution is 5.39. The van der Waals surface area contributed by atoms with Gasteiger partial charge in [-0.3, -0.25) is 4.68 Å². The lowest BCUT2D eigenvalue weighted by Crippen LogP contribution is -2.32. The third kappa shape index (κ3) is 3.48. The number of ether oxygens (including phenoxy) is 1. The van der Waals surface area contributed by atoms with Crippen LogP contribution in [0.2, 0.25) is 0 Å². The van der Waals surface area contributed by atoms with Crippen molar-refractivity contribution in [2.24, 2.45) is 5.73 Å². The molecule has 1 aromatic rings. The van der Waals surface area contributed by atoms with E-state index >= 15 is 0 Å². The Balaban J connectivity index is 1.50. The van der Waals surface area contributed by atoms with E-state index in [2.05, 4.69) is 16.6 Å². The topological polar surface area (TPSA) is 65.1 Å². The van der Waals surface area contributed by atoms with Crippen molar-refractivity contribution in [1.82, 2.24) is 9.78 Å². The Morgan fingerprint density at radius 3 is 2.89 bits per heavy atom. The zero-order valence-corrected chi connectivity index (χ0v) is 11.4. The molecule has 2 fully saturated rings. The third-order valence-corrected chi connectivity index (χ3v) is 4.19. The predicted octanol–water partition coefficient (Wildman–Crippen LogP) is 1.74. The number of hydrogen-bond acceptors (Lipinski definition) is 4. The first kappa shape index (κ1) is 12.9. The summed E-state index contributed by atoms with van der Waals surface area (Å²) in [5, 5.41) is 7.98. The van der Waals surface area contributed by atoms with Crippen LogP contribution in [-0.2, 0) is 11.3 Å². The maximum Gasteiger partial charge on any atom is 0.0771 e. The smallest absolute Gasteiger partial charge is 0.0771 e. The van der Waals surface area contributed by atoms with Crippen LogP contribution >= 0.6 is 0 Å². The van der Waals surface area contributed by atoms with E-state index in [0.29, 0.717) is 18.2 Å². The van der Waals surface area contributed by atoms with E-state index in [0.717, 1.165) is 50.9 Å². The van der Waals surface area contributed by atoms with Crippen molar-refractivity contribution in [1.29, 1.82) is 0 Å². The van der Waals surface area contributed by atoms with Gasteiger partial charge in [0.05, 0.1) is 24.5 Å². The molecule has 1 aliphatic carbocycles. The monoisotopic (exact) mass is 264 g/mol. The molecule has 0 spiro atoms. The van der Waals surface area contributed by atoms with Crippen LogP contribution in [0.15, 0.2) is 12.4 Å². The number of nitrogens with zero attached hydrogens (tertiary/aromatic N) is 2. The molecule has 3 N–H and O–H groups in total. The molecule has 2 aliphatic rings. The summed E-state index contributed by atoms with van der Waals surface area (Å²) in [6.45, 7) is 1.77. The van der Waals surface area contributed by atoms with Crippen LogP contribution in [0.3, 0.4) is 0 Å². The quantitative estimate of drug-likeness (QED) is 0.869. The number of nitrogens with one attached hydrogen (secondary N) is 1. The van der Waals surface area contributed by atoms with Gasteiger partial charge in [0.1, 0.15) is 0 Å². The molecular formula is C14H24N4O. The van der Waals surface area contributed by atoms with Crippen molar-refractivity contribution < 1.29 is 4.74 Å². The van der Waals surface area contributed by atoms with E-state index in [9.17, 15) is 0 Å². The maximum absolute atomic E-state index is 5.93. The van der Waals surface area contributed by atoms with Gasteiger partial charge in [-0.1, -0.05) is 0 Å². The zero-order chi connectivity index (χ0) is 13.1. The summed E-state index contributed by atoms with van der Waals surface area (Å²) < 4.78 is 7.63.